The van der Waals surface area contributed by atoms with Crippen LogP contribution in [-0.2, 0) is 0 Å². The average molecular weight is 345 g/mol. The second-order valence-corrected chi connectivity index (χ2v) is 4.22. The third-order valence-corrected chi connectivity index (χ3v) is 3.04. The van der Waals surface area contributed by atoms with E-state index in [1.807, 2.05) is 0 Å². The van der Waals surface area contributed by atoms with E-state index in [4.69, 9.17) is 4.74 Å². The fraction of sp³-hybridized carbons (Fsp3) is 0.100. The van der Waals surface area contributed by atoms with Crippen molar-refractivity contribution in [3.8, 4) is 23.1 Å². The van der Waals surface area contributed by atoms with E-state index in [1.165, 1.54) is 13.3 Å². The summed E-state index contributed by atoms with van der Waals surface area (Å²) in [6.07, 6.45) is 1.50. The highest BCUT2D eigenvalue weighted by Gasteiger charge is 2.09. The van der Waals surface area contributed by atoms with E-state index >= 15 is 0 Å². The molecular formula is C10H8IN3O3. The number of hydrogen-bond donors (Lipinski definition) is 2. The predicted octanol–water partition coefficient (Wildman–Crippen LogP) is 1.15. The van der Waals surface area contributed by atoms with Gasteiger partial charge in [-0.3, -0.25) is 4.79 Å². The lowest BCUT2D eigenvalue weighted by Crippen LogP contribution is -2.12. The monoisotopic (exact) mass is 345 g/mol. The van der Waals surface area contributed by atoms with Crippen molar-refractivity contribution in [2.75, 3.05) is 7.11 Å². The molecule has 0 unspecified atom stereocenters. The van der Waals surface area contributed by atoms with Crippen LogP contribution in [0.3, 0.4) is 0 Å². The number of aromatic hydroxyl groups is 1. The summed E-state index contributed by atoms with van der Waals surface area (Å²) in [5.74, 6) is 0.439. The number of nitrogens with one attached hydrogen (secondary N) is 1. The molecule has 2 aromatic rings. The Labute approximate surface area is 110 Å². The molecule has 0 saturated heterocycles. The van der Waals surface area contributed by atoms with Gasteiger partial charge in [0.1, 0.15) is 9.39 Å². The first-order valence-corrected chi connectivity index (χ1v) is 5.69. The Morgan fingerprint density at radius 3 is 2.76 bits per heavy atom. The molecule has 0 fully saturated rings. The molecule has 0 amide bonds. The van der Waals surface area contributed by atoms with Crippen molar-refractivity contribution >= 4 is 22.6 Å². The second-order valence-electron chi connectivity index (χ2n) is 3.14. The van der Waals surface area contributed by atoms with Crippen molar-refractivity contribution in [3.05, 3.63) is 32.3 Å². The molecule has 17 heavy (non-hydrogen) atoms. The molecule has 7 heteroatoms. The van der Waals surface area contributed by atoms with Gasteiger partial charge in [0, 0.05) is 17.8 Å². The topological polar surface area (TPSA) is 88.1 Å². The van der Waals surface area contributed by atoms with Gasteiger partial charge < -0.3 is 14.8 Å². The molecule has 88 valence electrons. The molecule has 0 aliphatic rings. The fourth-order valence-corrected chi connectivity index (χ4v) is 1.48. The van der Waals surface area contributed by atoms with Gasteiger partial charge in [-0.05, 0) is 28.7 Å². The maximum atomic E-state index is 11.4. The van der Waals surface area contributed by atoms with Crippen molar-refractivity contribution in [2.24, 2.45) is 0 Å². The summed E-state index contributed by atoms with van der Waals surface area (Å²) in [5, 5.41) is 9.46. The van der Waals surface area contributed by atoms with Crippen LogP contribution in [0.2, 0.25) is 0 Å². The average Bonchev–Trinajstić information content (AvgIpc) is 2.35. The van der Waals surface area contributed by atoms with E-state index in [0.29, 0.717) is 11.4 Å². The van der Waals surface area contributed by atoms with E-state index in [2.05, 4.69) is 15.0 Å². The van der Waals surface area contributed by atoms with Crippen molar-refractivity contribution in [3.63, 3.8) is 0 Å². The zero-order valence-electron chi connectivity index (χ0n) is 8.77. The van der Waals surface area contributed by atoms with E-state index in [9.17, 15) is 9.90 Å². The van der Waals surface area contributed by atoms with E-state index in [0.717, 1.165) is 0 Å². The Bertz CT molecular complexity index is 595. The number of nitrogens with zero attached hydrogens (tertiary/aromatic N) is 2. The van der Waals surface area contributed by atoms with E-state index in [-0.39, 0.29) is 20.8 Å². The van der Waals surface area contributed by atoms with Crippen molar-refractivity contribution in [2.45, 2.75) is 0 Å². The van der Waals surface area contributed by atoms with Crippen LogP contribution in [0.15, 0.2) is 23.1 Å². The number of hydrogen-bond acceptors (Lipinski definition) is 5. The number of rotatable bonds is 2. The largest absolute Gasteiger partial charge is 0.492 e. The summed E-state index contributed by atoms with van der Waals surface area (Å²) in [5.41, 5.74) is 0.207. The molecule has 2 heterocycles. The van der Waals surface area contributed by atoms with Crippen LogP contribution < -0.4 is 10.3 Å². The van der Waals surface area contributed by atoms with Crippen molar-refractivity contribution in [1.29, 1.82) is 0 Å². The first kappa shape index (κ1) is 11.8. The van der Waals surface area contributed by atoms with Gasteiger partial charge in [0.05, 0.1) is 7.11 Å². The minimum absolute atomic E-state index is 0.160. The summed E-state index contributed by atoms with van der Waals surface area (Å²) < 4.78 is 5.08. The fourth-order valence-electron chi connectivity index (χ4n) is 1.22. The van der Waals surface area contributed by atoms with Crippen LogP contribution in [0, 0.1) is 3.57 Å². The lowest BCUT2D eigenvalue weighted by Gasteiger charge is -2.03. The molecule has 0 atom stereocenters. The number of H-pyrrole nitrogens is 1. The molecule has 2 N–H and O–H groups in total. The number of pyridine rings is 1. The normalized spacial score (nSPS) is 10.2. The van der Waals surface area contributed by atoms with Gasteiger partial charge in [0.15, 0.2) is 0 Å². The van der Waals surface area contributed by atoms with Crippen LogP contribution >= 0.6 is 22.6 Å². The summed E-state index contributed by atoms with van der Waals surface area (Å²) in [4.78, 5) is 21.9. The molecule has 0 radical (unpaired) electrons. The lowest BCUT2D eigenvalue weighted by atomic mass is 10.2. The summed E-state index contributed by atoms with van der Waals surface area (Å²) in [7, 11) is 1.51. The van der Waals surface area contributed by atoms with E-state index < -0.39 is 0 Å². The Morgan fingerprint density at radius 1 is 1.47 bits per heavy atom. The smallest absolute Gasteiger partial charge is 0.268 e. The van der Waals surface area contributed by atoms with Crippen molar-refractivity contribution in [1.82, 2.24) is 15.0 Å². The molecule has 0 aliphatic carbocycles. The Morgan fingerprint density at radius 2 is 2.24 bits per heavy atom. The zero-order chi connectivity index (χ0) is 12.4. The number of aromatic amines is 1. The van der Waals surface area contributed by atoms with E-state index in [1.54, 1.807) is 34.7 Å². The first-order chi connectivity index (χ1) is 8.11. The Kier molecular flexibility index (Phi) is 3.27. The molecule has 2 rings (SSSR count). The molecule has 0 aliphatic heterocycles. The predicted molar refractivity (Wildman–Crippen MR) is 69.0 cm³/mol. The maximum absolute atomic E-state index is 11.4. The van der Waals surface area contributed by atoms with Crippen molar-refractivity contribution < 1.29 is 9.84 Å². The number of ether oxygens (including phenoxy) is 1. The second kappa shape index (κ2) is 4.70. The number of aromatic nitrogens is 3. The molecule has 0 spiro atoms. The van der Waals surface area contributed by atoms with Gasteiger partial charge in [-0.2, -0.15) is 4.98 Å². The third-order valence-electron chi connectivity index (χ3n) is 2.06. The molecular weight excluding hydrogens is 337 g/mol. The zero-order valence-corrected chi connectivity index (χ0v) is 10.9. The molecule has 0 saturated carbocycles. The minimum atomic E-state index is -0.385. The SMILES string of the molecule is COc1ccc(-c2nc(O)c(I)c(=O)[nH]2)cn1. The Hall–Kier alpha value is -1.64. The molecule has 2 aromatic heterocycles. The van der Waals surface area contributed by atoms with Gasteiger partial charge in [0.2, 0.25) is 11.8 Å². The maximum Gasteiger partial charge on any atom is 0.268 e. The molecule has 0 bridgehead atoms. The highest BCUT2D eigenvalue weighted by atomic mass is 127. The van der Waals surface area contributed by atoms with Gasteiger partial charge in [-0.15, -0.1) is 0 Å². The Balaban J connectivity index is 2.49. The highest BCUT2D eigenvalue weighted by molar-refractivity contribution is 14.1. The third kappa shape index (κ3) is 2.38. The minimum Gasteiger partial charge on any atom is -0.492 e. The van der Waals surface area contributed by atoms with Gasteiger partial charge in [0.25, 0.3) is 5.56 Å². The highest BCUT2D eigenvalue weighted by Crippen LogP contribution is 2.19. The van der Waals surface area contributed by atoms with Crippen LogP contribution in [0.4, 0.5) is 0 Å². The summed E-state index contributed by atoms with van der Waals surface area (Å²) in [6.45, 7) is 0. The first-order valence-electron chi connectivity index (χ1n) is 4.61. The van der Waals surface area contributed by atoms with Crippen LogP contribution in [0.5, 0.6) is 11.8 Å². The van der Waals surface area contributed by atoms with Gasteiger partial charge in [-0.25, -0.2) is 4.98 Å². The summed E-state index contributed by atoms with van der Waals surface area (Å²) in [6, 6.07) is 3.33. The lowest BCUT2D eigenvalue weighted by molar-refractivity contribution is 0.398. The summed E-state index contributed by atoms with van der Waals surface area (Å²) >= 11 is 1.72. The standard InChI is InChI=1S/C10H8IN3O3/c1-17-6-3-2-5(4-12-6)8-13-9(15)7(11)10(16)14-8/h2-4H,1H3,(H2,13,14,15,16). The van der Waals surface area contributed by atoms with Crippen LogP contribution in [0.25, 0.3) is 11.4 Å². The molecule has 0 aromatic carbocycles. The van der Waals surface area contributed by atoms with Crippen LogP contribution in [-0.4, -0.2) is 27.2 Å². The number of halogens is 1. The van der Waals surface area contributed by atoms with Gasteiger partial charge >= 0.3 is 0 Å². The van der Waals surface area contributed by atoms with Gasteiger partial charge in [-0.1, -0.05) is 0 Å². The number of methoxy groups -OCH3 is 1. The van der Waals surface area contributed by atoms with Crippen LogP contribution in [0.1, 0.15) is 0 Å². The molecule has 6 nitrogen and oxygen atoms in total. The quantitative estimate of drug-likeness (QED) is 0.798.